The third-order valence-electron chi connectivity index (χ3n) is 2.91. The summed E-state index contributed by atoms with van der Waals surface area (Å²) in [6.45, 7) is 8.60. The van der Waals surface area contributed by atoms with Gasteiger partial charge in [-0.2, -0.15) is 0 Å². The summed E-state index contributed by atoms with van der Waals surface area (Å²) in [7, 11) is 1.77. The van der Waals surface area contributed by atoms with E-state index in [0.717, 1.165) is 11.3 Å². The first-order valence-corrected chi connectivity index (χ1v) is 5.30. The molecule has 0 spiro atoms. The lowest BCUT2D eigenvalue weighted by atomic mass is 9.91. The highest BCUT2D eigenvalue weighted by Gasteiger charge is 2.11. The molecule has 0 amide bonds. The SMILES string of the molecule is CN=Cc1cc(C(C)C)c(C)c(C)c1N. The predicted molar refractivity (Wildman–Crippen MR) is 67.9 cm³/mol. The van der Waals surface area contributed by atoms with Gasteiger partial charge in [0.05, 0.1) is 0 Å². The topological polar surface area (TPSA) is 38.4 Å². The zero-order valence-corrected chi connectivity index (χ0v) is 10.3. The summed E-state index contributed by atoms with van der Waals surface area (Å²) in [5.41, 5.74) is 11.8. The van der Waals surface area contributed by atoms with Crippen molar-refractivity contribution in [3.8, 4) is 0 Å². The molecule has 0 saturated carbocycles. The summed E-state index contributed by atoms with van der Waals surface area (Å²) >= 11 is 0. The molecule has 1 aromatic rings. The molecule has 0 saturated heterocycles. The Balaban J connectivity index is 3.45. The van der Waals surface area contributed by atoms with Gasteiger partial charge in [0.15, 0.2) is 0 Å². The van der Waals surface area contributed by atoms with Gasteiger partial charge in [0.2, 0.25) is 0 Å². The van der Waals surface area contributed by atoms with Crippen molar-refractivity contribution < 1.29 is 0 Å². The highest BCUT2D eigenvalue weighted by molar-refractivity contribution is 5.88. The van der Waals surface area contributed by atoms with Crippen LogP contribution in [-0.4, -0.2) is 13.3 Å². The van der Waals surface area contributed by atoms with Crippen LogP contribution in [-0.2, 0) is 0 Å². The maximum Gasteiger partial charge on any atom is 0.0435 e. The van der Waals surface area contributed by atoms with Crippen molar-refractivity contribution in [2.75, 3.05) is 12.8 Å². The zero-order valence-electron chi connectivity index (χ0n) is 10.3. The Hall–Kier alpha value is -1.31. The zero-order chi connectivity index (χ0) is 11.6. The summed E-state index contributed by atoms with van der Waals surface area (Å²) in [5, 5.41) is 0. The van der Waals surface area contributed by atoms with Crippen molar-refractivity contribution in [1.29, 1.82) is 0 Å². The van der Waals surface area contributed by atoms with Crippen LogP contribution in [0.1, 0.15) is 42.0 Å². The molecule has 0 aliphatic heterocycles. The number of rotatable bonds is 2. The second-order valence-electron chi connectivity index (χ2n) is 4.26. The Bertz CT molecular complexity index is 390. The van der Waals surface area contributed by atoms with E-state index in [0.29, 0.717) is 5.92 Å². The summed E-state index contributed by atoms with van der Waals surface area (Å²) < 4.78 is 0. The average molecular weight is 204 g/mol. The first-order valence-electron chi connectivity index (χ1n) is 5.30. The molecule has 1 rings (SSSR count). The normalized spacial score (nSPS) is 11.6. The van der Waals surface area contributed by atoms with Gasteiger partial charge in [0, 0.05) is 24.5 Å². The first-order chi connectivity index (χ1) is 6.99. The predicted octanol–water partition coefficient (Wildman–Crippen LogP) is 3.06. The molecular formula is C13H20N2. The summed E-state index contributed by atoms with van der Waals surface area (Å²) in [5.74, 6) is 0.522. The Morgan fingerprint density at radius 3 is 2.33 bits per heavy atom. The van der Waals surface area contributed by atoms with Crippen LogP contribution in [0.4, 0.5) is 5.69 Å². The van der Waals surface area contributed by atoms with Crippen molar-refractivity contribution >= 4 is 11.9 Å². The van der Waals surface area contributed by atoms with Gasteiger partial charge in [0.25, 0.3) is 0 Å². The molecule has 0 bridgehead atoms. The van der Waals surface area contributed by atoms with Gasteiger partial charge in [-0.1, -0.05) is 13.8 Å². The molecule has 0 radical (unpaired) electrons. The quantitative estimate of drug-likeness (QED) is 0.583. The third-order valence-corrected chi connectivity index (χ3v) is 2.91. The summed E-state index contributed by atoms with van der Waals surface area (Å²) in [4.78, 5) is 4.03. The van der Waals surface area contributed by atoms with Gasteiger partial charge in [-0.25, -0.2) is 0 Å². The highest BCUT2D eigenvalue weighted by Crippen LogP contribution is 2.28. The standard InChI is InChI=1S/C13H20N2/c1-8(2)12-6-11(7-15-5)13(14)10(4)9(12)3/h6-8H,14H2,1-5H3. The van der Waals surface area contributed by atoms with E-state index in [1.54, 1.807) is 7.05 Å². The largest absolute Gasteiger partial charge is 0.398 e. The van der Waals surface area contributed by atoms with Gasteiger partial charge >= 0.3 is 0 Å². The van der Waals surface area contributed by atoms with Crippen LogP contribution in [0.25, 0.3) is 0 Å². The number of nitrogens with two attached hydrogens (primary N) is 1. The number of anilines is 1. The number of aliphatic imine (C=N–C) groups is 1. The average Bonchev–Trinajstić information content (AvgIpc) is 2.18. The van der Waals surface area contributed by atoms with Gasteiger partial charge in [-0.15, -0.1) is 0 Å². The van der Waals surface area contributed by atoms with E-state index in [1.807, 2.05) is 6.21 Å². The molecular weight excluding hydrogens is 184 g/mol. The maximum absolute atomic E-state index is 6.05. The molecule has 0 aromatic heterocycles. The number of nitrogens with zero attached hydrogens (tertiary/aromatic N) is 1. The maximum atomic E-state index is 6.05. The Labute approximate surface area is 92.2 Å². The molecule has 2 N–H and O–H groups in total. The molecule has 0 heterocycles. The Kier molecular flexibility index (Phi) is 3.51. The van der Waals surface area contributed by atoms with Gasteiger partial charge in [-0.3, -0.25) is 4.99 Å². The summed E-state index contributed by atoms with van der Waals surface area (Å²) in [6, 6.07) is 2.15. The highest BCUT2D eigenvalue weighted by atomic mass is 14.7. The van der Waals surface area contributed by atoms with Crippen molar-refractivity contribution in [3.63, 3.8) is 0 Å². The van der Waals surface area contributed by atoms with E-state index < -0.39 is 0 Å². The third kappa shape index (κ3) is 2.20. The van der Waals surface area contributed by atoms with Crippen molar-refractivity contribution in [2.24, 2.45) is 4.99 Å². The second-order valence-corrected chi connectivity index (χ2v) is 4.26. The monoisotopic (exact) mass is 204 g/mol. The lowest BCUT2D eigenvalue weighted by Crippen LogP contribution is -2.04. The van der Waals surface area contributed by atoms with Gasteiger partial charge < -0.3 is 5.73 Å². The molecule has 0 atom stereocenters. The number of hydrogen-bond donors (Lipinski definition) is 1. The van der Waals surface area contributed by atoms with E-state index in [2.05, 4.69) is 38.8 Å². The molecule has 82 valence electrons. The number of benzene rings is 1. The molecule has 0 aliphatic rings. The fraction of sp³-hybridized carbons (Fsp3) is 0.462. The van der Waals surface area contributed by atoms with Gasteiger partial charge in [0.1, 0.15) is 0 Å². The minimum Gasteiger partial charge on any atom is -0.398 e. The van der Waals surface area contributed by atoms with Gasteiger partial charge in [-0.05, 0) is 42.5 Å². The fourth-order valence-corrected chi connectivity index (χ4v) is 1.83. The van der Waals surface area contributed by atoms with Crippen molar-refractivity contribution in [2.45, 2.75) is 33.6 Å². The van der Waals surface area contributed by atoms with Crippen LogP contribution >= 0.6 is 0 Å². The van der Waals surface area contributed by atoms with E-state index in [-0.39, 0.29) is 0 Å². The summed E-state index contributed by atoms with van der Waals surface area (Å²) in [6.07, 6.45) is 1.83. The number of nitrogen functional groups attached to an aromatic ring is 1. The molecule has 15 heavy (non-hydrogen) atoms. The van der Waals surface area contributed by atoms with Crippen LogP contribution in [0.2, 0.25) is 0 Å². The minimum atomic E-state index is 0.522. The molecule has 0 fully saturated rings. The number of hydrogen-bond acceptors (Lipinski definition) is 2. The lowest BCUT2D eigenvalue weighted by molar-refractivity contribution is 0.854. The van der Waals surface area contributed by atoms with E-state index >= 15 is 0 Å². The molecule has 1 aromatic carbocycles. The Morgan fingerprint density at radius 1 is 1.27 bits per heavy atom. The minimum absolute atomic E-state index is 0.522. The second kappa shape index (κ2) is 4.47. The fourth-order valence-electron chi connectivity index (χ4n) is 1.83. The van der Waals surface area contributed by atoms with Crippen LogP contribution in [0.3, 0.4) is 0 Å². The molecule has 2 nitrogen and oxygen atoms in total. The lowest BCUT2D eigenvalue weighted by Gasteiger charge is -2.16. The molecule has 2 heteroatoms. The van der Waals surface area contributed by atoms with Crippen molar-refractivity contribution in [1.82, 2.24) is 0 Å². The first kappa shape index (κ1) is 11.8. The van der Waals surface area contributed by atoms with E-state index in [9.17, 15) is 0 Å². The van der Waals surface area contributed by atoms with Crippen molar-refractivity contribution in [3.05, 3.63) is 28.3 Å². The van der Waals surface area contributed by atoms with Crippen LogP contribution in [0.5, 0.6) is 0 Å². The Morgan fingerprint density at radius 2 is 1.87 bits per heavy atom. The molecule has 0 unspecified atom stereocenters. The van der Waals surface area contributed by atoms with Crippen LogP contribution in [0, 0.1) is 13.8 Å². The smallest absolute Gasteiger partial charge is 0.0435 e. The molecule has 0 aliphatic carbocycles. The van der Waals surface area contributed by atoms with Crippen LogP contribution in [0.15, 0.2) is 11.1 Å². The van der Waals surface area contributed by atoms with E-state index in [1.165, 1.54) is 16.7 Å². The van der Waals surface area contributed by atoms with E-state index in [4.69, 9.17) is 5.73 Å². The van der Waals surface area contributed by atoms with Crippen LogP contribution < -0.4 is 5.73 Å².